The van der Waals surface area contributed by atoms with Gasteiger partial charge in [-0.25, -0.2) is 0 Å². The normalized spacial score (nSPS) is 15.8. The van der Waals surface area contributed by atoms with Crippen molar-refractivity contribution in [1.29, 1.82) is 0 Å². The SMILES string of the molecule is CN(C)C(=O)COc1ccccc1C(=O)NCC1(C(=O)O)CCOCC1. The average molecular weight is 364 g/mol. The van der Waals surface area contributed by atoms with Crippen molar-refractivity contribution in [3.63, 3.8) is 0 Å². The number of carboxylic acid groups (broad SMARTS) is 1. The molecule has 1 heterocycles. The molecule has 0 atom stereocenters. The molecule has 2 N–H and O–H groups in total. The third-order valence-corrected chi connectivity index (χ3v) is 4.47. The van der Waals surface area contributed by atoms with Gasteiger partial charge in [0.25, 0.3) is 11.8 Å². The minimum absolute atomic E-state index is 0.00941. The quantitative estimate of drug-likeness (QED) is 0.740. The summed E-state index contributed by atoms with van der Waals surface area (Å²) >= 11 is 0. The number of amides is 2. The number of carbonyl (C=O) groups is 3. The Bertz CT molecular complexity index is 667. The molecular weight excluding hydrogens is 340 g/mol. The molecular formula is C18H24N2O6. The highest BCUT2D eigenvalue weighted by Crippen LogP contribution is 2.30. The summed E-state index contributed by atoms with van der Waals surface area (Å²) in [5.74, 6) is -1.34. The van der Waals surface area contributed by atoms with Crippen LogP contribution in [0.15, 0.2) is 24.3 Å². The van der Waals surface area contributed by atoms with E-state index in [2.05, 4.69) is 5.32 Å². The summed E-state index contributed by atoms with van der Waals surface area (Å²) in [5.41, 5.74) is -0.767. The number of nitrogens with one attached hydrogen (secondary N) is 1. The van der Waals surface area contributed by atoms with Crippen LogP contribution in [-0.4, -0.2) is 68.3 Å². The minimum Gasteiger partial charge on any atom is -0.483 e. The molecule has 8 heteroatoms. The molecule has 1 aromatic rings. The molecule has 1 saturated heterocycles. The summed E-state index contributed by atoms with van der Waals surface area (Å²) in [6, 6.07) is 6.54. The Kier molecular flexibility index (Phi) is 6.57. The molecule has 0 saturated carbocycles. The van der Waals surface area contributed by atoms with Crippen LogP contribution < -0.4 is 10.1 Å². The summed E-state index contributed by atoms with van der Waals surface area (Å²) < 4.78 is 10.7. The summed E-state index contributed by atoms with van der Waals surface area (Å²) in [4.78, 5) is 37.3. The van der Waals surface area contributed by atoms with Gasteiger partial charge < -0.3 is 24.8 Å². The maximum atomic E-state index is 12.5. The molecule has 1 aromatic carbocycles. The number of ether oxygens (including phenoxy) is 2. The largest absolute Gasteiger partial charge is 0.483 e. The molecule has 1 fully saturated rings. The van der Waals surface area contributed by atoms with Gasteiger partial charge in [0, 0.05) is 33.9 Å². The number of aliphatic carboxylic acids is 1. The van der Waals surface area contributed by atoms with E-state index in [4.69, 9.17) is 9.47 Å². The molecule has 0 bridgehead atoms. The number of carbonyl (C=O) groups excluding carboxylic acids is 2. The molecule has 0 spiro atoms. The fraction of sp³-hybridized carbons (Fsp3) is 0.500. The average Bonchev–Trinajstić information content (AvgIpc) is 2.64. The first-order chi connectivity index (χ1) is 12.4. The van der Waals surface area contributed by atoms with Crippen LogP contribution in [0.2, 0.25) is 0 Å². The van der Waals surface area contributed by atoms with E-state index in [9.17, 15) is 19.5 Å². The van der Waals surface area contributed by atoms with Crippen molar-refractivity contribution in [2.75, 3.05) is 40.5 Å². The van der Waals surface area contributed by atoms with E-state index < -0.39 is 17.3 Å². The zero-order valence-corrected chi connectivity index (χ0v) is 15.0. The Morgan fingerprint density at radius 2 is 1.88 bits per heavy atom. The Morgan fingerprint density at radius 1 is 1.23 bits per heavy atom. The highest BCUT2D eigenvalue weighted by atomic mass is 16.5. The Hall–Kier alpha value is -2.61. The van der Waals surface area contributed by atoms with Crippen LogP contribution in [0.1, 0.15) is 23.2 Å². The van der Waals surface area contributed by atoms with E-state index in [0.717, 1.165) is 0 Å². The van der Waals surface area contributed by atoms with Crippen molar-refractivity contribution in [3.05, 3.63) is 29.8 Å². The third kappa shape index (κ3) is 4.72. The van der Waals surface area contributed by atoms with Gasteiger partial charge >= 0.3 is 5.97 Å². The fourth-order valence-corrected chi connectivity index (χ4v) is 2.62. The van der Waals surface area contributed by atoms with Crippen molar-refractivity contribution in [3.8, 4) is 5.75 Å². The first kappa shape index (κ1) is 19.7. The zero-order chi connectivity index (χ0) is 19.2. The van der Waals surface area contributed by atoms with Crippen LogP contribution in [0.5, 0.6) is 5.75 Å². The second kappa shape index (κ2) is 8.66. The van der Waals surface area contributed by atoms with E-state index >= 15 is 0 Å². The van der Waals surface area contributed by atoms with Crippen molar-refractivity contribution < 1.29 is 29.0 Å². The topological polar surface area (TPSA) is 105 Å². The Morgan fingerprint density at radius 3 is 2.50 bits per heavy atom. The van der Waals surface area contributed by atoms with Gasteiger partial charge in [-0.15, -0.1) is 0 Å². The van der Waals surface area contributed by atoms with Gasteiger partial charge in [-0.2, -0.15) is 0 Å². The van der Waals surface area contributed by atoms with Crippen LogP contribution >= 0.6 is 0 Å². The molecule has 0 unspecified atom stereocenters. The Labute approximate surface area is 152 Å². The molecule has 2 rings (SSSR count). The van der Waals surface area contributed by atoms with E-state index in [1.807, 2.05) is 0 Å². The summed E-state index contributed by atoms with van der Waals surface area (Å²) in [6.45, 7) is 0.534. The summed E-state index contributed by atoms with van der Waals surface area (Å²) in [5, 5.41) is 12.2. The number of rotatable bonds is 7. The lowest BCUT2D eigenvalue weighted by Crippen LogP contribution is -2.46. The second-order valence-corrected chi connectivity index (χ2v) is 6.45. The number of benzene rings is 1. The van der Waals surface area contributed by atoms with Crippen molar-refractivity contribution in [1.82, 2.24) is 10.2 Å². The van der Waals surface area contributed by atoms with Crippen molar-refractivity contribution in [2.45, 2.75) is 12.8 Å². The molecule has 8 nitrogen and oxygen atoms in total. The monoisotopic (exact) mass is 364 g/mol. The van der Waals surface area contributed by atoms with Gasteiger partial charge in [-0.05, 0) is 25.0 Å². The zero-order valence-electron chi connectivity index (χ0n) is 15.0. The Balaban J connectivity index is 2.05. The number of nitrogens with zero attached hydrogens (tertiary/aromatic N) is 1. The molecule has 0 radical (unpaired) electrons. The fourth-order valence-electron chi connectivity index (χ4n) is 2.62. The van der Waals surface area contributed by atoms with Gasteiger partial charge in [-0.3, -0.25) is 14.4 Å². The predicted molar refractivity (Wildman–Crippen MR) is 93.1 cm³/mol. The molecule has 0 aliphatic carbocycles. The number of likely N-dealkylation sites (N-methyl/N-ethyl adjacent to an activating group) is 1. The van der Waals surface area contributed by atoms with Gasteiger partial charge in [0.05, 0.1) is 11.0 Å². The number of carboxylic acids is 1. The van der Waals surface area contributed by atoms with Crippen LogP contribution in [0.3, 0.4) is 0 Å². The van der Waals surface area contributed by atoms with Gasteiger partial charge in [-0.1, -0.05) is 12.1 Å². The maximum absolute atomic E-state index is 12.5. The van der Waals surface area contributed by atoms with Crippen molar-refractivity contribution >= 4 is 17.8 Å². The highest BCUT2D eigenvalue weighted by molar-refractivity contribution is 5.97. The molecule has 1 aliphatic rings. The van der Waals surface area contributed by atoms with Gasteiger partial charge in [0.15, 0.2) is 6.61 Å². The molecule has 142 valence electrons. The van der Waals surface area contributed by atoms with E-state index in [1.165, 1.54) is 4.90 Å². The van der Waals surface area contributed by atoms with E-state index in [1.54, 1.807) is 38.4 Å². The first-order valence-corrected chi connectivity index (χ1v) is 8.37. The summed E-state index contributed by atoms with van der Waals surface area (Å²) in [7, 11) is 3.23. The minimum atomic E-state index is -1.02. The highest BCUT2D eigenvalue weighted by Gasteiger charge is 2.40. The number of para-hydroxylation sites is 1. The standard InChI is InChI=1S/C18H24N2O6/c1-20(2)15(21)11-26-14-6-4-3-5-13(14)16(22)19-12-18(17(23)24)7-9-25-10-8-18/h3-6H,7-12H2,1-2H3,(H,19,22)(H,23,24). The smallest absolute Gasteiger partial charge is 0.311 e. The lowest BCUT2D eigenvalue weighted by molar-refractivity contribution is -0.154. The lowest BCUT2D eigenvalue weighted by Gasteiger charge is -2.33. The molecule has 1 aliphatic heterocycles. The van der Waals surface area contributed by atoms with E-state index in [0.29, 0.717) is 26.1 Å². The lowest BCUT2D eigenvalue weighted by atomic mass is 9.80. The molecule has 0 aromatic heterocycles. The van der Waals surface area contributed by atoms with E-state index in [-0.39, 0.29) is 30.4 Å². The summed E-state index contributed by atoms with van der Waals surface area (Å²) in [6.07, 6.45) is 0.691. The van der Waals surface area contributed by atoms with Gasteiger partial charge in [0.1, 0.15) is 5.75 Å². The number of hydrogen-bond acceptors (Lipinski definition) is 5. The van der Waals surface area contributed by atoms with Crippen molar-refractivity contribution in [2.24, 2.45) is 5.41 Å². The van der Waals surface area contributed by atoms with Crippen LogP contribution in [0, 0.1) is 5.41 Å². The van der Waals surface area contributed by atoms with Gasteiger partial charge in [0.2, 0.25) is 0 Å². The predicted octanol–water partition coefficient (Wildman–Crippen LogP) is 0.765. The van der Waals surface area contributed by atoms with Crippen LogP contribution in [-0.2, 0) is 14.3 Å². The first-order valence-electron chi connectivity index (χ1n) is 8.37. The van der Waals surface area contributed by atoms with Crippen LogP contribution in [0.25, 0.3) is 0 Å². The van der Waals surface area contributed by atoms with Crippen LogP contribution in [0.4, 0.5) is 0 Å². The third-order valence-electron chi connectivity index (χ3n) is 4.47. The molecule has 26 heavy (non-hydrogen) atoms. The molecule has 2 amide bonds. The second-order valence-electron chi connectivity index (χ2n) is 6.45. The number of hydrogen-bond donors (Lipinski definition) is 2. The maximum Gasteiger partial charge on any atom is 0.311 e.